The summed E-state index contributed by atoms with van der Waals surface area (Å²) in [6.45, 7) is -2.26. The lowest BCUT2D eigenvalue weighted by Crippen LogP contribution is -2.69. The molecule has 5 aliphatic rings. The van der Waals surface area contributed by atoms with Crippen molar-refractivity contribution in [3.05, 3.63) is 0 Å². The number of rotatable bonds is 13. The highest BCUT2D eigenvalue weighted by Crippen LogP contribution is 2.37. The number of carbonyl (C=O) groups is 3. The molecule has 0 spiro atoms. The van der Waals surface area contributed by atoms with Gasteiger partial charge >= 0.3 is 17.9 Å². The van der Waals surface area contributed by atoms with E-state index in [0.717, 1.165) is 0 Å². The van der Waals surface area contributed by atoms with E-state index < -0.39 is 185 Å². The third-order valence-electron chi connectivity index (χ3n) is 10.2. The van der Waals surface area contributed by atoms with E-state index in [-0.39, 0.29) is 0 Å². The topological polar surface area (TPSA) is 478 Å². The first-order valence-corrected chi connectivity index (χ1v) is 17.6. The van der Waals surface area contributed by atoms with Crippen LogP contribution >= 0.6 is 0 Å². The lowest BCUT2D eigenvalue weighted by molar-refractivity contribution is -0.406. The molecule has 0 aromatic carbocycles. The summed E-state index contributed by atoms with van der Waals surface area (Å²) in [6.07, 6.45) is -55.9. The maximum absolute atomic E-state index is 12.0. The molecule has 5 heterocycles. The van der Waals surface area contributed by atoms with Crippen LogP contribution in [0.25, 0.3) is 0 Å². The predicted molar refractivity (Wildman–Crippen MR) is 168 cm³/mol. The fourth-order valence-electron chi connectivity index (χ4n) is 6.92. The Kier molecular flexibility index (Phi) is 15.5. The minimum atomic E-state index is -2.43. The minimum Gasteiger partial charge on any atom is -0.479 e. The van der Waals surface area contributed by atoms with Crippen LogP contribution in [0.4, 0.5) is 0 Å². The summed E-state index contributed by atoms with van der Waals surface area (Å²) < 4.78 is 48.6. The summed E-state index contributed by atoms with van der Waals surface area (Å²) in [6, 6.07) is 0. The van der Waals surface area contributed by atoms with Gasteiger partial charge in [0.25, 0.3) is 0 Å². The molecule has 2 unspecified atom stereocenters. The number of hydrogen-bond donors (Lipinski definition) is 17. The standard InChI is InChI=1S/C30H46O29/c31-1-3-5(33)8(36)20(58-27-13(41)6(34)9(37)18(56-27)23(44)45)29(51-3)54-16-4(2-32)52-30(55-17-11(39)12(40)26(50)53-22(17)25(48)49)21(15(16)43)59-28-14(42)7(35)10(38)19(57-28)24(46)47/h3-22,26-43,50H,1-2H2,(H,44,45)(H,46,47)(H,48,49)/t3-,4-,5-,6+,7+,8+,9+,10+,11-,12-,13-,14-,15+,16-,17+,18+,19+,20+,21+,22+,26?,27+,28+,29?,30-/m1/s1. The highest BCUT2D eigenvalue weighted by molar-refractivity contribution is 5.74. The van der Waals surface area contributed by atoms with Crippen molar-refractivity contribution >= 4 is 17.9 Å². The van der Waals surface area contributed by atoms with Crippen LogP contribution in [0.3, 0.4) is 0 Å². The third-order valence-corrected chi connectivity index (χ3v) is 10.2. The molecule has 0 radical (unpaired) electrons. The number of aliphatic carboxylic acids is 3. The Morgan fingerprint density at radius 3 is 1.19 bits per heavy atom. The Labute approximate surface area is 328 Å². The van der Waals surface area contributed by atoms with Crippen molar-refractivity contribution in [1.29, 1.82) is 0 Å². The number of carboxylic acid groups (broad SMARTS) is 3. The van der Waals surface area contributed by atoms with Crippen LogP contribution in [-0.2, 0) is 57.0 Å². The molecule has 0 saturated carbocycles. The molecule has 0 aromatic rings. The van der Waals surface area contributed by atoms with E-state index in [0.29, 0.717) is 0 Å². The summed E-state index contributed by atoms with van der Waals surface area (Å²) in [7, 11) is 0. The maximum Gasteiger partial charge on any atom is 0.335 e. The van der Waals surface area contributed by atoms with Gasteiger partial charge in [-0.15, -0.1) is 0 Å². The Morgan fingerprint density at radius 2 is 0.746 bits per heavy atom. The van der Waals surface area contributed by atoms with Crippen LogP contribution in [-0.4, -0.2) is 271 Å². The summed E-state index contributed by atoms with van der Waals surface area (Å²) >= 11 is 0. The van der Waals surface area contributed by atoms with E-state index in [2.05, 4.69) is 0 Å². The predicted octanol–water partition coefficient (Wildman–Crippen LogP) is -11.6. The highest BCUT2D eigenvalue weighted by Gasteiger charge is 2.58. The van der Waals surface area contributed by atoms with Gasteiger partial charge in [0, 0.05) is 0 Å². The van der Waals surface area contributed by atoms with Crippen molar-refractivity contribution < 1.29 is 144 Å². The quantitative estimate of drug-likeness (QED) is 0.0817. The van der Waals surface area contributed by atoms with Crippen molar-refractivity contribution in [2.45, 2.75) is 154 Å². The summed E-state index contributed by atoms with van der Waals surface area (Å²) in [5, 5.41) is 175. The summed E-state index contributed by atoms with van der Waals surface area (Å²) in [5.74, 6) is -5.64. The van der Waals surface area contributed by atoms with E-state index in [4.69, 9.17) is 42.6 Å². The average molecular weight is 871 g/mol. The lowest BCUT2D eigenvalue weighted by Gasteiger charge is -2.50. The van der Waals surface area contributed by atoms with E-state index in [1.165, 1.54) is 0 Å². The van der Waals surface area contributed by atoms with Crippen LogP contribution in [0.1, 0.15) is 0 Å². The first-order chi connectivity index (χ1) is 27.6. The van der Waals surface area contributed by atoms with Gasteiger partial charge < -0.3 is 129 Å². The molecule has 0 aliphatic carbocycles. The molecule has 29 nitrogen and oxygen atoms in total. The molecule has 0 amide bonds. The molecule has 5 fully saturated rings. The molecule has 17 N–H and O–H groups in total. The van der Waals surface area contributed by atoms with Crippen LogP contribution in [0.2, 0.25) is 0 Å². The molecular formula is C30H46O29. The van der Waals surface area contributed by atoms with Crippen LogP contribution in [0.5, 0.6) is 0 Å². The van der Waals surface area contributed by atoms with Gasteiger partial charge in [-0.05, 0) is 0 Å². The molecular weight excluding hydrogens is 824 g/mol. The van der Waals surface area contributed by atoms with Gasteiger partial charge in [0.05, 0.1) is 13.2 Å². The van der Waals surface area contributed by atoms with E-state index >= 15 is 0 Å². The summed E-state index contributed by atoms with van der Waals surface area (Å²) in [4.78, 5) is 35.5. The minimum absolute atomic E-state index is 1.05. The first-order valence-electron chi connectivity index (χ1n) is 17.6. The number of carboxylic acids is 3. The zero-order chi connectivity index (χ0) is 43.9. The zero-order valence-electron chi connectivity index (χ0n) is 29.8. The maximum atomic E-state index is 12.0. The average Bonchev–Trinajstić information content (AvgIpc) is 3.18. The normalized spacial score (nSPS) is 50.8. The van der Waals surface area contributed by atoms with Crippen LogP contribution < -0.4 is 0 Å². The van der Waals surface area contributed by atoms with E-state index in [9.17, 15) is 101 Å². The second-order valence-electron chi connectivity index (χ2n) is 14.1. The van der Waals surface area contributed by atoms with Crippen molar-refractivity contribution in [1.82, 2.24) is 0 Å². The molecule has 25 atom stereocenters. The van der Waals surface area contributed by atoms with E-state index in [1.54, 1.807) is 0 Å². The molecule has 340 valence electrons. The zero-order valence-corrected chi connectivity index (χ0v) is 29.8. The highest BCUT2D eigenvalue weighted by atomic mass is 16.8. The van der Waals surface area contributed by atoms with Gasteiger partial charge in [-0.25, -0.2) is 14.4 Å². The monoisotopic (exact) mass is 870 g/mol. The van der Waals surface area contributed by atoms with Crippen molar-refractivity contribution in [3.63, 3.8) is 0 Å². The van der Waals surface area contributed by atoms with Gasteiger partial charge in [-0.1, -0.05) is 0 Å². The second kappa shape index (κ2) is 19.3. The van der Waals surface area contributed by atoms with Gasteiger partial charge in [-0.3, -0.25) is 0 Å². The Balaban J connectivity index is 1.50. The van der Waals surface area contributed by atoms with Gasteiger partial charge in [0.1, 0.15) is 104 Å². The SMILES string of the molecule is O=C(O)[C@H]1O[C@@H](O[C@@H]2[C@@H](O[C@H]3[C@H](O)[C@@H](O)C(O)O[C@@H]3C(=O)O)O[C@H](CO)[C@@H](OC3O[C@H](CO)[C@@H](O)[C@H](O)[C@@H]3O[C@@H]3O[C@H](C(=O)O)[C@@H](O)[C@H](O)[C@H]3O)[C@@H]2O)[C@H](O)[C@@H](O)[C@@H]1O. The molecule has 29 heteroatoms. The fraction of sp³-hybridized carbons (Fsp3) is 0.900. The lowest BCUT2D eigenvalue weighted by atomic mass is 9.95. The third kappa shape index (κ3) is 9.47. The van der Waals surface area contributed by atoms with Crippen molar-refractivity contribution in [2.24, 2.45) is 0 Å². The Bertz CT molecular complexity index is 1440. The smallest absolute Gasteiger partial charge is 0.335 e. The molecule has 0 bridgehead atoms. The number of ether oxygens (including phenoxy) is 9. The van der Waals surface area contributed by atoms with Gasteiger partial charge in [-0.2, -0.15) is 0 Å². The molecule has 5 rings (SSSR count). The van der Waals surface area contributed by atoms with Crippen LogP contribution in [0.15, 0.2) is 0 Å². The fourth-order valence-corrected chi connectivity index (χ4v) is 6.92. The first kappa shape index (κ1) is 47.5. The number of aliphatic hydroxyl groups is 14. The molecule has 5 aliphatic heterocycles. The second-order valence-corrected chi connectivity index (χ2v) is 14.1. The Morgan fingerprint density at radius 1 is 0.356 bits per heavy atom. The van der Waals surface area contributed by atoms with Gasteiger partial charge in [0.15, 0.2) is 49.8 Å². The van der Waals surface area contributed by atoms with Crippen molar-refractivity contribution in [2.75, 3.05) is 13.2 Å². The van der Waals surface area contributed by atoms with E-state index in [1.807, 2.05) is 0 Å². The molecule has 0 aromatic heterocycles. The molecule has 5 saturated heterocycles. The number of aliphatic hydroxyl groups excluding tert-OH is 14. The van der Waals surface area contributed by atoms with Crippen LogP contribution in [0, 0.1) is 0 Å². The number of hydrogen-bond acceptors (Lipinski definition) is 26. The summed E-state index contributed by atoms with van der Waals surface area (Å²) in [5.41, 5.74) is 0. The Hall–Kier alpha value is -2.51. The largest absolute Gasteiger partial charge is 0.479 e. The molecule has 59 heavy (non-hydrogen) atoms. The van der Waals surface area contributed by atoms with Crippen molar-refractivity contribution in [3.8, 4) is 0 Å². The van der Waals surface area contributed by atoms with Gasteiger partial charge in [0.2, 0.25) is 0 Å².